The number of ether oxygens (including phenoxy) is 1. The Balaban J connectivity index is 1.48. The highest BCUT2D eigenvalue weighted by molar-refractivity contribution is 5.88. The van der Waals surface area contributed by atoms with Crippen LogP contribution in [0.2, 0.25) is 0 Å². The Hall–Kier alpha value is -1.92. The highest BCUT2D eigenvalue weighted by Gasteiger charge is 2.30. The Kier molecular flexibility index (Phi) is 5.82. The summed E-state index contributed by atoms with van der Waals surface area (Å²) < 4.78 is 5.49. The second-order valence-electron chi connectivity index (χ2n) is 6.40. The third kappa shape index (κ3) is 4.55. The molecule has 2 saturated heterocycles. The highest BCUT2D eigenvalue weighted by Crippen LogP contribution is 2.12. The summed E-state index contributed by atoms with van der Waals surface area (Å²) in [5.41, 5.74) is 1.11. The number of amides is 2. The third-order valence-electron chi connectivity index (χ3n) is 4.54. The molecule has 2 aliphatic heterocycles. The molecule has 0 aromatic heterocycles. The SMILES string of the molecule is O=C(CC1NCCN(Cc2ccccc2)C1=O)NCC1CCCO1. The normalized spacial score (nSPS) is 24.2. The molecule has 1 aromatic carbocycles. The molecule has 6 heteroatoms. The molecule has 0 spiro atoms. The molecule has 2 unspecified atom stereocenters. The van der Waals surface area contributed by atoms with Gasteiger partial charge in [-0.05, 0) is 18.4 Å². The molecule has 0 saturated carbocycles. The van der Waals surface area contributed by atoms with Crippen molar-refractivity contribution in [3.8, 4) is 0 Å². The predicted molar refractivity (Wildman–Crippen MR) is 90.3 cm³/mol. The van der Waals surface area contributed by atoms with E-state index >= 15 is 0 Å². The zero-order valence-electron chi connectivity index (χ0n) is 13.9. The van der Waals surface area contributed by atoms with Gasteiger partial charge in [0.2, 0.25) is 11.8 Å². The minimum absolute atomic E-state index is 0.00244. The Bertz CT molecular complexity index is 558. The molecule has 0 bridgehead atoms. The van der Waals surface area contributed by atoms with Crippen molar-refractivity contribution in [3.05, 3.63) is 35.9 Å². The average Bonchev–Trinajstić information content (AvgIpc) is 3.11. The van der Waals surface area contributed by atoms with E-state index < -0.39 is 6.04 Å². The lowest BCUT2D eigenvalue weighted by molar-refractivity contribution is -0.138. The summed E-state index contributed by atoms with van der Waals surface area (Å²) in [6, 6.07) is 9.49. The van der Waals surface area contributed by atoms with Crippen molar-refractivity contribution in [1.82, 2.24) is 15.5 Å². The molecule has 2 amide bonds. The molecule has 2 aliphatic rings. The molecule has 0 aliphatic carbocycles. The zero-order valence-corrected chi connectivity index (χ0v) is 13.9. The first-order chi connectivity index (χ1) is 11.7. The second kappa shape index (κ2) is 8.26. The van der Waals surface area contributed by atoms with Crippen LogP contribution in [0.5, 0.6) is 0 Å². The summed E-state index contributed by atoms with van der Waals surface area (Å²) in [5.74, 6) is -0.102. The van der Waals surface area contributed by atoms with Crippen LogP contribution >= 0.6 is 0 Å². The number of rotatable bonds is 6. The number of nitrogens with zero attached hydrogens (tertiary/aromatic N) is 1. The maximum absolute atomic E-state index is 12.6. The smallest absolute Gasteiger partial charge is 0.240 e. The van der Waals surface area contributed by atoms with E-state index in [1.165, 1.54) is 0 Å². The first-order valence-electron chi connectivity index (χ1n) is 8.67. The molecule has 3 rings (SSSR count). The topological polar surface area (TPSA) is 70.7 Å². The lowest BCUT2D eigenvalue weighted by Gasteiger charge is -2.33. The molecule has 0 radical (unpaired) electrons. The Labute approximate surface area is 142 Å². The summed E-state index contributed by atoms with van der Waals surface area (Å²) in [4.78, 5) is 26.5. The van der Waals surface area contributed by atoms with Crippen LogP contribution in [0.4, 0.5) is 0 Å². The van der Waals surface area contributed by atoms with E-state index in [0.29, 0.717) is 26.2 Å². The molecule has 2 N–H and O–H groups in total. The van der Waals surface area contributed by atoms with E-state index in [9.17, 15) is 9.59 Å². The molecule has 2 heterocycles. The van der Waals surface area contributed by atoms with Gasteiger partial charge < -0.3 is 20.3 Å². The summed E-state index contributed by atoms with van der Waals surface area (Å²) >= 11 is 0. The van der Waals surface area contributed by atoms with E-state index in [-0.39, 0.29) is 24.3 Å². The van der Waals surface area contributed by atoms with Gasteiger partial charge in [-0.15, -0.1) is 0 Å². The van der Waals surface area contributed by atoms with Crippen molar-refractivity contribution in [3.63, 3.8) is 0 Å². The zero-order chi connectivity index (χ0) is 16.8. The summed E-state index contributed by atoms with van der Waals surface area (Å²) in [5, 5.41) is 6.04. The molecular weight excluding hydrogens is 306 g/mol. The van der Waals surface area contributed by atoms with Crippen molar-refractivity contribution in [2.75, 3.05) is 26.2 Å². The van der Waals surface area contributed by atoms with E-state index in [1.54, 1.807) is 0 Å². The van der Waals surface area contributed by atoms with Crippen molar-refractivity contribution < 1.29 is 14.3 Å². The van der Waals surface area contributed by atoms with Crippen molar-refractivity contribution in [2.45, 2.75) is 38.0 Å². The van der Waals surface area contributed by atoms with Crippen LogP contribution in [0.25, 0.3) is 0 Å². The van der Waals surface area contributed by atoms with Gasteiger partial charge in [0.05, 0.1) is 18.6 Å². The van der Waals surface area contributed by atoms with Crippen LogP contribution in [-0.2, 0) is 20.9 Å². The van der Waals surface area contributed by atoms with Crippen molar-refractivity contribution >= 4 is 11.8 Å². The van der Waals surface area contributed by atoms with Crippen LogP contribution in [0, 0.1) is 0 Å². The van der Waals surface area contributed by atoms with Crippen LogP contribution in [0.1, 0.15) is 24.8 Å². The van der Waals surface area contributed by atoms with Gasteiger partial charge in [-0.3, -0.25) is 9.59 Å². The number of piperazine rings is 1. The molecule has 24 heavy (non-hydrogen) atoms. The summed E-state index contributed by atoms with van der Waals surface area (Å²) in [7, 11) is 0. The fourth-order valence-electron chi connectivity index (χ4n) is 3.20. The summed E-state index contributed by atoms with van der Waals surface area (Å²) in [6.07, 6.45) is 2.35. The van der Waals surface area contributed by atoms with E-state index in [2.05, 4.69) is 10.6 Å². The van der Waals surface area contributed by atoms with Gasteiger partial charge in [0, 0.05) is 32.8 Å². The monoisotopic (exact) mass is 331 g/mol. The van der Waals surface area contributed by atoms with Gasteiger partial charge in [0.1, 0.15) is 0 Å². The lowest BCUT2D eigenvalue weighted by atomic mass is 10.1. The average molecular weight is 331 g/mol. The maximum Gasteiger partial charge on any atom is 0.240 e. The highest BCUT2D eigenvalue weighted by atomic mass is 16.5. The minimum Gasteiger partial charge on any atom is -0.376 e. The Morgan fingerprint density at radius 3 is 2.92 bits per heavy atom. The van der Waals surface area contributed by atoms with Gasteiger partial charge in [-0.2, -0.15) is 0 Å². The molecule has 1 aromatic rings. The van der Waals surface area contributed by atoms with Gasteiger partial charge in [-0.1, -0.05) is 30.3 Å². The third-order valence-corrected chi connectivity index (χ3v) is 4.54. The van der Waals surface area contributed by atoms with Gasteiger partial charge in [-0.25, -0.2) is 0 Å². The number of nitrogens with one attached hydrogen (secondary N) is 2. The van der Waals surface area contributed by atoms with E-state index in [1.807, 2.05) is 35.2 Å². The Morgan fingerprint density at radius 2 is 2.17 bits per heavy atom. The fraction of sp³-hybridized carbons (Fsp3) is 0.556. The maximum atomic E-state index is 12.6. The predicted octanol–water partition coefficient (Wildman–Crippen LogP) is 0.672. The van der Waals surface area contributed by atoms with Gasteiger partial charge in [0.25, 0.3) is 0 Å². The first-order valence-corrected chi connectivity index (χ1v) is 8.67. The lowest BCUT2D eigenvalue weighted by Crippen LogP contribution is -2.56. The number of hydrogen-bond donors (Lipinski definition) is 2. The van der Waals surface area contributed by atoms with Crippen LogP contribution in [0.3, 0.4) is 0 Å². The molecule has 2 atom stereocenters. The molecular formula is C18H25N3O3. The molecule has 6 nitrogen and oxygen atoms in total. The van der Waals surface area contributed by atoms with Crippen LogP contribution < -0.4 is 10.6 Å². The number of carbonyl (C=O) groups is 2. The van der Waals surface area contributed by atoms with Gasteiger partial charge in [0.15, 0.2) is 0 Å². The first kappa shape index (κ1) is 16.9. The fourth-order valence-corrected chi connectivity index (χ4v) is 3.20. The minimum atomic E-state index is -0.438. The van der Waals surface area contributed by atoms with Crippen LogP contribution in [-0.4, -0.2) is 55.1 Å². The molecule has 2 fully saturated rings. The standard InChI is InChI=1S/C18H25N3O3/c22-17(20-12-15-7-4-10-24-15)11-16-18(23)21(9-8-19-16)13-14-5-2-1-3-6-14/h1-3,5-6,15-16,19H,4,7-13H2,(H,20,22). The molecule has 130 valence electrons. The Morgan fingerprint density at radius 1 is 1.33 bits per heavy atom. The van der Waals surface area contributed by atoms with Crippen molar-refractivity contribution in [1.29, 1.82) is 0 Å². The number of carbonyl (C=O) groups excluding carboxylic acids is 2. The van der Waals surface area contributed by atoms with E-state index in [4.69, 9.17) is 4.74 Å². The van der Waals surface area contributed by atoms with Gasteiger partial charge >= 0.3 is 0 Å². The summed E-state index contributed by atoms with van der Waals surface area (Å²) in [6.45, 7) is 3.28. The number of benzene rings is 1. The van der Waals surface area contributed by atoms with E-state index in [0.717, 1.165) is 25.0 Å². The number of hydrogen-bond acceptors (Lipinski definition) is 4. The van der Waals surface area contributed by atoms with Crippen molar-refractivity contribution in [2.24, 2.45) is 0 Å². The largest absolute Gasteiger partial charge is 0.376 e. The quantitative estimate of drug-likeness (QED) is 0.804. The second-order valence-corrected chi connectivity index (χ2v) is 6.40. The van der Waals surface area contributed by atoms with Crippen LogP contribution in [0.15, 0.2) is 30.3 Å².